The van der Waals surface area contributed by atoms with E-state index in [-0.39, 0.29) is 24.3 Å². The number of rotatable bonds is 6. The zero-order chi connectivity index (χ0) is 30.1. The van der Waals surface area contributed by atoms with E-state index in [1.807, 2.05) is 42.5 Å². The summed E-state index contributed by atoms with van der Waals surface area (Å²) in [6, 6.07) is 19.5. The molecule has 2 aromatic carbocycles. The van der Waals surface area contributed by atoms with Gasteiger partial charge >= 0.3 is 0 Å². The highest BCUT2D eigenvalue weighted by Crippen LogP contribution is 2.46. The highest BCUT2D eigenvalue weighted by atomic mass is 16.2. The molecule has 43 heavy (non-hydrogen) atoms. The van der Waals surface area contributed by atoms with Crippen molar-refractivity contribution in [3.63, 3.8) is 0 Å². The molecule has 4 aromatic rings. The Bertz CT molecular complexity index is 1730. The van der Waals surface area contributed by atoms with E-state index < -0.39 is 0 Å². The number of nitrogens with one attached hydrogen (secondary N) is 1. The van der Waals surface area contributed by atoms with E-state index in [0.29, 0.717) is 29.4 Å². The number of amides is 3. The molecule has 220 valence electrons. The van der Waals surface area contributed by atoms with Gasteiger partial charge in [0, 0.05) is 54.9 Å². The smallest absolute Gasteiger partial charge is 0.256 e. The number of fused-ring (bicyclic) bond motifs is 5. The number of benzene rings is 2. The van der Waals surface area contributed by atoms with Gasteiger partial charge in [0.2, 0.25) is 5.91 Å². The van der Waals surface area contributed by atoms with Crippen molar-refractivity contribution in [2.45, 2.75) is 44.6 Å². The third-order valence-corrected chi connectivity index (χ3v) is 8.65. The minimum Gasteiger partial charge on any atom is -0.347 e. The van der Waals surface area contributed by atoms with Gasteiger partial charge in [-0.2, -0.15) is 0 Å². The van der Waals surface area contributed by atoms with Crippen LogP contribution >= 0.6 is 0 Å². The monoisotopic (exact) mass is 575 g/mol. The summed E-state index contributed by atoms with van der Waals surface area (Å²) < 4.78 is 2.22. The van der Waals surface area contributed by atoms with E-state index in [9.17, 15) is 14.4 Å². The summed E-state index contributed by atoms with van der Waals surface area (Å²) >= 11 is 0. The molecule has 0 unspecified atom stereocenters. The van der Waals surface area contributed by atoms with Crippen LogP contribution in [0.1, 0.15) is 59.5 Å². The van der Waals surface area contributed by atoms with Crippen molar-refractivity contribution in [1.82, 2.24) is 19.4 Å². The maximum Gasteiger partial charge on any atom is 0.256 e. The second kappa shape index (κ2) is 11.9. The number of nitrogens with zero attached hydrogens (tertiary/aromatic N) is 4. The maximum absolute atomic E-state index is 13.9. The molecule has 2 aliphatic rings. The van der Waals surface area contributed by atoms with E-state index in [2.05, 4.69) is 33.1 Å². The van der Waals surface area contributed by atoms with Gasteiger partial charge in [-0.3, -0.25) is 14.4 Å². The van der Waals surface area contributed by atoms with E-state index >= 15 is 0 Å². The SMILES string of the molecule is CN(C)C(=O)CN(C)C(=O)C1=Cc2ccccc2-c2c(C3CCCCC3)c3ccc(C(=O)Nc4ccccn4)cc3n2C1. The molecule has 3 amide bonds. The number of carbonyl (C=O) groups excluding carboxylic acids is 3. The Labute approximate surface area is 252 Å². The van der Waals surface area contributed by atoms with Crippen LogP contribution in [-0.4, -0.2) is 64.8 Å². The Morgan fingerprint density at radius 3 is 2.47 bits per heavy atom. The van der Waals surface area contributed by atoms with Crippen molar-refractivity contribution in [3.05, 3.63) is 89.1 Å². The molecule has 2 aromatic heterocycles. The lowest BCUT2D eigenvalue weighted by atomic mass is 9.81. The third-order valence-electron chi connectivity index (χ3n) is 8.65. The Morgan fingerprint density at radius 2 is 1.72 bits per heavy atom. The van der Waals surface area contributed by atoms with Crippen LogP contribution < -0.4 is 5.32 Å². The summed E-state index contributed by atoms with van der Waals surface area (Å²) in [5.41, 5.74) is 6.51. The summed E-state index contributed by atoms with van der Waals surface area (Å²) in [4.78, 5) is 46.9. The Balaban J connectivity index is 1.50. The van der Waals surface area contributed by atoms with Crippen LogP contribution in [0.15, 0.2) is 72.4 Å². The number of pyridine rings is 1. The lowest BCUT2D eigenvalue weighted by molar-refractivity contribution is -0.136. The quantitative estimate of drug-likeness (QED) is 0.308. The van der Waals surface area contributed by atoms with Gasteiger partial charge in [0.05, 0.1) is 18.8 Å². The van der Waals surface area contributed by atoms with Crippen molar-refractivity contribution in [1.29, 1.82) is 0 Å². The zero-order valence-corrected chi connectivity index (χ0v) is 25.0. The Morgan fingerprint density at radius 1 is 0.953 bits per heavy atom. The number of aromatic nitrogens is 2. The molecular formula is C35H37N5O3. The lowest BCUT2D eigenvalue weighted by Gasteiger charge is -2.24. The number of hydrogen-bond donors (Lipinski definition) is 1. The molecule has 0 radical (unpaired) electrons. The van der Waals surface area contributed by atoms with Gasteiger partial charge in [0.15, 0.2) is 0 Å². The van der Waals surface area contributed by atoms with E-state index in [1.165, 1.54) is 34.6 Å². The highest BCUT2D eigenvalue weighted by molar-refractivity contribution is 6.08. The van der Waals surface area contributed by atoms with Gasteiger partial charge in [-0.05, 0) is 60.2 Å². The number of carbonyl (C=O) groups is 3. The van der Waals surface area contributed by atoms with Gasteiger partial charge in [0.1, 0.15) is 5.82 Å². The standard InChI is InChI=1S/C35H37N5O3/c1-38(2)31(41)22-39(3)35(43)26-19-24-13-7-8-14-27(24)33-32(23-11-5-4-6-12-23)28-17-16-25(20-29(28)40(33)21-26)34(42)37-30-15-9-10-18-36-30/h7-10,13-20,23H,4-6,11-12,21-22H2,1-3H3,(H,36,37,42). The third kappa shape index (κ3) is 5.57. The van der Waals surface area contributed by atoms with E-state index in [0.717, 1.165) is 40.6 Å². The molecule has 0 spiro atoms. The summed E-state index contributed by atoms with van der Waals surface area (Å²) in [7, 11) is 5.05. The molecule has 1 aliphatic carbocycles. The molecule has 0 atom stereocenters. The Kier molecular flexibility index (Phi) is 7.84. The second-order valence-corrected chi connectivity index (χ2v) is 11.8. The van der Waals surface area contributed by atoms with E-state index in [4.69, 9.17) is 0 Å². The summed E-state index contributed by atoms with van der Waals surface area (Å²) in [6.45, 7) is 0.327. The fraction of sp³-hybridized carbons (Fsp3) is 0.314. The summed E-state index contributed by atoms with van der Waals surface area (Å²) in [5.74, 6) is 0.317. The largest absolute Gasteiger partial charge is 0.347 e. The van der Waals surface area contributed by atoms with Crippen molar-refractivity contribution in [2.75, 3.05) is 33.0 Å². The molecule has 1 fully saturated rings. The molecule has 1 aliphatic heterocycles. The minimum absolute atomic E-state index is 0.00469. The van der Waals surface area contributed by atoms with Gasteiger partial charge in [-0.15, -0.1) is 0 Å². The zero-order valence-electron chi connectivity index (χ0n) is 25.0. The van der Waals surface area contributed by atoms with Gasteiger partial charge < -0.3 is 19.7 Å². The first kappa shape index (κ1) is 28.4. The number of hydrogen-bond acceptors (Lipinski definition) is 4. The van der Waals surface area contributed by atoms with Gasteiger partial charge in [0.25, 0.3) is 11.8 Å². The van der Waals surface area contributed by atoms with Crippen molar-refractivity contribution >= 4 is 40.5 Å². The molecule has 0 saturated heterocycles. The average molecular weight is 576 g/mol. The molecule has 6 rings (SSSR count). The van der Waals surface area contributed by atoms with Crippen LogP contribution in [0.5, 0.6) is 0 Å². The van der Waals surface area contributed by atoms with E-state index in [1.54, 1.807) is 33.4 Å². The van der Waals surface area contributed by atoms with Crippen LogP contribution in [0, 0.1) is 0 Å². The molecular weight excluding hydrogens is 538 g/mol. The molecule has 3 heterocycles. The minimum atomic E-state index is -0.238. The number of likely N-dealkylation sites (N-methyl/N-ethyl adjacent to an activating group) is 2. The summed E-state index contributed by atoms with van der Waals surface area (Å²) in [6.07, 6.45) is 9.47. The van der Waals surface area contributed by atoms with Crippen LogP contribution in [0.3, 0.4) is 0 Å². The molecule has 0 bridgehead atoms. The van der Waals surface area contributed by atoms with Crippen LogP contribution in [-0.2, 0) is 16.1 Å². The fourth-order valence-corrected chi connectivity index (χ4v) is 6.43. The molecule has 8 heteroatoms. The first-order valence-electron chi connectivity index (χ1n) is 15.0. The van der Waals surface area contributed by atoms with Crippen LogP contribution in [0.4, 0.5) is 5.82 Å². The molecule has 8 nitrogen and oxygen atoms in total. The highest BCUT2D eigenvalue weighted by Gasteiger charge is 2.31. The molecule has 1 saturated carbocycles. The maximum atomic E-state index is 13.9. The normalized spacial score (nSPS) is 14.7. The van der Waals surface area contributed by atoms with Crippen molar-refractivity contribution < 1.29 is 14.4 Å². The fourth-order valence-electron chi connectivity index (χ4n) is 6.43. The first-order chi connectivity index (χ1) is 20.8. The number of anilines is 1. The topological polar surface area (TPSA) is 87.5 Å². The van der Waals surface area contributed by atoms with Crippen LogP contribution in [0.25, 0.3) is 28.2 Å². The Hall–Kier alpha value is -4.72. The van der Waals surface area contributed by atoms with Gasteiger partial charge in [-0.1, -0.05) is 55.7 Å². The molecule has 1 N–H and O–H groups in total. The first-order valence-corrected chi connectivity index (χ1v) is 15.0. The van der Waals surface area contributed by atoms with Crippen molar-refractivity contribution in [3.8, 4) is 11.3 Å². The van der Waals surface area contributed by atoms with Crippen LogP contribution in [0.2, 0.25) is 0 Å². The lowest BCUT2D eigenvalue weighted by Crippen LogP contribution is -2.38. The summed E-state index contributed by atoms with van der Waals surface area (Å²) in [5, 5.41) is 4.02. The van der Waals surface area contributed by atoms with Crippen molar-refractivity contribution in [2.24, 2.45) is 0 Å². The predicted octanol–water partition coefficient (Wildman–Crippen LogP) is 5.95. The van der Waals surface area contributed by atoms with Gasteiger partial charge in [-0.25, -0.2) is 4.98 Å². The average Bonchev–Trinajstić information content (AvgIpc) is 3.23. The predicted molar refractivity (Wildman–Crippen MR) is 170 cm³/mol. The second-order valence-electron chi connectivity index (χ2n) is 11.8.